The van der Waals surface area contributed by atoms with Crippen LogP contribution in [-0.2, 0) is 11.3 Å². The van der Waals surface area contributed by atoms with Crippen molar-refractivity contribution in [2.45, 2.75) is 25.5 Å². The van der Waals surface area contributed by atoms with Crippen molar-refractivity contribution < 1.29 is 4.79 Å². The molecule has 0 aliphatic rings. The fourth-order valence-electron chi connectivity index (χ4n) is 2.03. The Labute approximate surface area is 151 Å². The highest BCUT2D eigenvalue weighted by molar-refractivity contribution is 7.99. The van der Waals surface area contributed by atoms with Crippen molar-refractivity contribution in [3.8, 4) is 0 Å². The molecule has 1 N–H and O–H groups in total. The molecule has 0 aliphatic heterocycles. The van der Waals surface area contributed by atoms with Gasteiger partial charge in [0.05, 0.1) is 18.0 Å². The quantitative estimate of drug-likeness (QED) is 0.440. The van der Waals surface area contributed by atoms with E-state index in [1.165, 1.54) is 11.8 Å². The number of amides is 1. The predicted octanol–water partition coefficient (Wildman–Crippen LogP) is 2.78. The summed E-state index contributed by atoms with van der Waals surface area (Å²) < 4.78 is 0. The van der Waals surface area contributed by atoms with Crippen molar-refractivity contribution in [1.29, 1.82) is 0 Å². The van der Waals surface area contributed by atoms with E-state index in [9.17, 15) is 4.79 Å². The lowest BCUT2D eigenvalue weighted by molar-refractivity contribution is -0.118. The normalized spacial score (nSPS) is 10.5. The highest BCUT2D eigenvalue weighted by Gasteiger charge is 2.10. The van der Waals surface area contributed by atoms with Gasteiger partial charge in [-0.15, -0.1) is 0 Å². The summed E-state index contributed by atoms with van der Waals surface area (Å²) in [5.74, 6) is 0.903. The van der Waals surface area contributed by atoms with Gasteiger partial charge in [0.25, 0.3) is 0 Å². The lowest BCUT2D eigenvalue weighted by Crippen LogP contribution is -2.25. The van der Waals surface area contributed by atoms with E-state index in [0.717, 1.165) is 24.6 Å². The largest absolute Gasteiger partial charge is 0.357 e. The topological polar surface area (TPSA) is 71.0 Å². The van der Waals surface area contributed by atoms with Crippen molar-refractivity contribution >= 4 is 35.1 Å². The summed E-state index contributed by atoms with van der Waals surface area (Å²) in [5, 5.41) is 3.70. The van der Waals surface area contributed by atoms with Crippen molar-refractivity contribution in [2.24, 2.45) is 0 Å². The molecule has 0 aliphatic carbocycles. The van der Waals surface area contributed by atoms with Gasteiger partial charge in [0.1, 0.15) is 11.0 Å². The van der Waals surface area contributed by atoms with Gasteiger partial charge in [-0.3, -0.25) is 9.78 Å². The summed E-state index contributed by atoms with van der Waals surface area (Å²) in [6.07, 6.45) is 1.70. The second kappa shape index (κ2) is 9.44. The smallest absolute Gasteiger partial charge is 0.230 e. The summed E-state index contributed by atoms with van der Waals surface area (Å²) >= 11 is 7.33. The van der Waals surface area contributed by atoms with E-state index in [1.54, 1.807) is 12.3 Å². The molecule has 0 bridgehead atoms. The third-order valence-corrected chi connectivity index (χ3v) is 4.31. The molecule has 128 valence electrons. The van der Waals surface area contributed by atoms with Crippen LogP contribution in [0.25, 0.3) is 0 Å². The molecule has 0 radical (unpaired) electrons. The molecule has 24 heavy (non-hydrogen) atoms. The summed E-state index contributed by atoms with van der Waals surface area (Å²) in [6, 6.07) is 7.33. The number of carbonyl (C=O) groups is 1. The van der Waals surface area contributed by atoms with Gasteiger partial charge in [-0.1, -0.05) is 29.4 Å². The maximum atomic E-state index is 11.9. The van der Waals surface area contributed by atoms with E-state index in [1.807, 2.05) is 18.2 Å². The Balaban J connectivity index is 1.90. The standard InChI is InChI=1S/C16H20ClN5OS/c1-3-22(4-2)14-9-13(17)20-16(21-14)24-11-15(23)19-10-12-7-5-6-8-18-12/h5-9H,3-4,10-11H2,1-2H3,(H,19,23). The Bertz CT molecular complexity index is 667. The number of nitrogens with one attached hydrogen (secondary N) is 1. The number of rotatable bonds is 8. The fraction of sp³-hybridized carbons (Fsp3) is 0.375. The maximum absolute atomic E-state index is 11.9. The lowest BCUT2D eigenvalue weighted by atomic mass is 10.3. The zero-order valence-corrected chi connectivity index (χ0v) is 15.3. The van der Waals surface area contributed by atoms with Gasteiger partial charge in [0.15, 0.2) is 5.16 Å². The molecule has 6 nitrogen and oxygen atoms in total. The summed E-state index contributed by atoms with van der Waals surface area (Å²) in [5.41, 5.74) is 0.818. The van der Waals surface area contributed by atoms with E-state index in [2.05, 4.69) is 39.0 Å². The molecule has 2 aromatic rings. The first-order chi connectivity index (χ1) is 11.6. The summed E-state index contributed by atoms with van der Waals surface area (Å²) in [4.78, 5) is 26.8. The van der Waals surface area contributed by atoms with Gasteiger partial charge in [0.2, 0.25) is 5.91 Å². The van der Waals surface area contributed by atoms with Crippen LogP contribution in [0, 0.1) is 0 Å². The van der Waals surface area contributed by atoms with Crippen LogP contribution >= 0.6 is 23.4 Å². The minimum Gasteiger partial charge on any atom is -0.357 e. The molecule has 0 aromatic carbocycles. The van der Waals surface area contributed by atoms with Crippen molar-refractivity contribution in [3.05, 3.63) is 41.3 Å². The second-order valence-corrected chi connectivity index (χ2v) is 6.22. The molecule has 2 aromatic heterocycles. The Kier molecular flexibility index (Phi) is 7.27. The fourth-order valence-corrected chi connectivity index (χ4v) is 2.94. The van der Waals surface area contributed by atoms with Crippen LogP contribution < -0.4 is 10.2 Å². The molecule has 0 atom stereocenters. The SMILES string of the molecule is CCN(CC)c1cc(Cl)nc(SCC(=O)NCc2ccccn2)n1. The van der Waals surface area contributed by atoms with Gasteiger partial charge in [0, 0.05) is 25.4 Å². The number of nitrogens with zero attached hydrogens (tertiary/aromatic N) is 4. The van der Waals surface area contributed by atoms with E-state index in [-0.39, 0.29) is 11.7 Å². The number of thioether (sulfide) groups is 1. The Morgan fingerprint density at radius 2 is 2.08 bits per heavy atom. The first-order valence-electron chi connectivity index (χ1n) is 7.71. The third kappa shape index (κ3) is 5.65. The molecule has 0 saturated carbocycles. The monoisotopic (exact) mass is 365 g/mol. The number of anilines is 1. The Morgan fingerprint density at radius 3 is 2.75 bits per heavy atom. The van der Waals surface area contributed by atoms with E-state index in [0.29, 0.717) is 16.9 Å². The zero-order chi connectivity index (χ0) is 17.4. The van der Waals surface area contributed by atoms with Gasteiger partial charge in [-0.05, 0) is 26.0 Å². The Morgan fingerprint density at radius 1 is 1.29 bits per heavy atom. The molecule has 1 amide bonds. The average molecular weight is 366 g/mol. The molecule has 0 unspecified atom stereocenters. The van der Waals surface area contributed by atoms with Crippen LogP contribution in [0.5, 0.6) is 0 Å². The van der Waals surface area contributed by atoms with E-state index >= 15 is 0 Å². The molecule has 0 saturated heterocycles. The lowest BCUT2D eigenvalue weighted by Gasteiger charge is -2.20. The maximum Gasteiger partial charge on any atom is 0.230 e. The van der Waals surface area contributed by atoms with Crippen LogP contribution in [0.1, 0.15) is 19.5 Å². The first-order valence-corrected chi connectivity index (χ1v) is 9.07. The molecular formula is C16H20ClN5OS. The number of pyridine rings is 1. The summed E-state index contributed by atoms with van der Waals surface area (Å²) in [7, 11) is 0. The van der Waals surface area contributed by atoms with Crippen molar-refractivity contribution in [3.63, 3.8) is 0 Å². The minimum absolute atomic E-state index is 0.0985. The summed E-state index contributed by atoms with van der Waals surface area (Å²) in [6.45, 7) is 6.17. The van der Waals surface area contributed by atoms with Gasteiger partial charge in [-0.25, -0.2) is 9.97 Å². The van der Waals surface area contributed by atoms with E-state index in [4.69, 9.17) is 11.6 Å². The average Bonchev–Trinajstić information content (AvgIpc) is 2.60. The molecular weight excluding hydrogens is 346 g/mol. The van der Waals surface area contributed by atoms with Crippen LogP contribution in [-0.4, -0.2) is 39.7 Å². The molecule has 8 heteroatoms. The van der Waals surface area contributed by atoms with Gasteiger partial charge < -0.3 is 10.2 Å². The highest BCUT2D eigenvalue weighted by Crippen LogP contribution is 2.21. The highest BCUT2D eigenvalue weighted by atomic mass is 35.5. The van der Waals surface area contributed by atoms with Crippen LogP contribution in [0.15, 0.2) is 35.6 Å². The number of halogens is 1. The molecule has 2 heterocycles. The third-order valence-electron chi connectivity index (χ3n) is 3.27. The van der Waals surface area contributed by atoms with Crippen LogP contribution in [0.3, 0.4) is 0 Å². The first kappa shape index (κ1) is 18.5. The van der Waals surface area contributed by atoms with Crippen molar-refractivity contribution in [1.82, 2.24) is 20.3 Å². The minimum atomic E-state index is -0.0985. The van der Waals surface area contributed by atoms with Crippen LogP contribution in [0.4, 0.5) is 5.82 Å². The number of hydrogen-bond acceptors (Lipinski definition) is 6. The van der Waals surface area contributed by atoms with Crippen molar-refractivity contribution in [2.75, 3.05) is 23.7 Å². The Hall–Kier alpha value is -1.86. The molecule has 0 fully saturated rings. The molecule has 2 rings (SSSR count). The molecule has 0 spiro atoms. The predicted molar refractivity (Wildman–Crippen MR) is 97.4 cm³/mol. The van der Waals surface area contributed by atoms with Gasteiger partial charge in [-0.2, -0.15) is 0 Å². The van der Waals surface area contributed by atoms with Crippen LogP contribution in [0.2, 0.25) is 5.15 Å². The second-order valence-electron chi connectivity index (χ2n) is 4.89. The van der Waals surface area contributed by atoms with Gasteiger partial charge >= 0.3 is 0 Å². The van der Waals surface area contributed by atoms with E-state index < -0.39 is 0 Å². The number of hydrogen-bond donors (Lipinski definition) is 1. The number of carbonyl (C=O) groups excluding carboxylic acids is 1. The zero-order valence-electron chi connectivity index (χ0n) is 13.7. The number of aromatic nitrogens is 3.